The van der Waals surface area contributed by atoms with Crippen LogP contribution in [-0.2, 0) is 24.4 Å². The van der Waals surface area contributed by atoms with Crippen molar-refractivity contribution in [3.63, 3.8) is 0 Å². The minimum absolute atomic E-state index is 0.312. The molecule has 1 heterocycles. The van der Waals surface area contributed by atoms with Crippen LogP contribution in [-0.4, -0.2) is 50.0 Å². The molecule has 0 aromatic rings. The molecule has 1 saturated heterocycles. The van der Waals surface area contributed by atoms with Crippen molar-refractivity contribution in [2.24, 2.45) is 5.73 Å². The number of sulfonamides is 1. The number of hydrogen-bond donors (Lipinski definition) is 2. The highest BCUT2D eigenvalue weighted by Gasteiger charge is 2.34. The molecule has 0 bridgehead atoms. The Morgan fingerprint density at radius 1 is 1.44 bits per heavy atom. The number of rotatable bonds is 5. The lowest BCUT2D eigenvalue weighted by molar-refractivity contribution is -0.141. The van der Waals surface area contributed by atoms with Gasteiger partial charge in [0.2, 0.25) is 15.9 Å². The molecule has 0 aromatic heterocycles. The molecule has 1 aliphatic rings. The van der Waals surface area contributed by atoms with Crippen LogP contribution in [0.15, 0.2) is 0 Å². The molecule has 1 unspecified atom stereocenters. The van der Waals surface area contributed by atoms with E-state index < -0.39 is 34.5 Å². The summed E-state index contributed by atoms with van der Waals surface area (Å²) in [7, 11) is -3.44. The minimum Gasteiger partial charge on any atom is -0.368 e. The van der Waals surface area contributed by atoms with Crippen LogP contribution < -0.4 is 11.2 Å². The third-order valence-corrected chi connectivity index (χ3v) is 3.86. The van der Waals surface area contributed by atoms with Crippen LogP contribution >= 0.6 is 0 Å². The van der Waals surface area contributed by atoms with E-state index in [-0.39, 0.29) is 0 Å². The molecule has 104 valence electrons. The predicted octanol–water partition coefficient (Wildman–Crippen LogP) is -1.67. The average molecular weight is 279 g/mol. The summed E-state index contributed by atoms with van der Waals surface area (Å²) in [5.41, 5.74) is 6.87. The highest BCUT2D eigenvalue weighted by Crippen LogP contribution is 2.19. The van der Waals surface area contributed by atoms with Crippen LogP contribution in [0, 0.1) is 0 Å². The van der Waals surface area contributed by atoms with E-state index in [9.17, 15) is 18.0 Å². The quantitative estimate of drug-likeness (QED) is 0.583. The molecule has 2 amide bonds. The zero-order valence-corrected chi connectivity index (χ0v) is 10.9. The van der Waals surface area contributed by atoms with Crippen molar-refractivity contribution in [1.29, 1.82) is 0 Å². The number of nitrogens with one attached hydrogen (secondary N) is 1. The molecular formula is C9H17N3O5S. The Morgan fingerprint density at radius 2 is 2.11 bits per heavy atom. The molecule has 18 heavy (non-hydrogen) atoms. The van der Waals surface area contributed by atoms with Gasteiger partial charge in [0, 0.05) is 6.54 Å². The van der Waals surface area contributed by atoms with Crippen molar-refractivity contribution < 1.29 is 22.8 Å². The van der Waals surface area contributed by atoms with Crippen molar-refractivity contribution in [3.8, 4) is 0 Å². The molecular weight excluding hydrogens is 262 g/mol. The first-order chi connectivity index (χ1) is 8.32. The van der Waals surface area contributed by atoms with Gasteiger partial charge in [-0.3, -0.25) is 14.4 Å². The van der Waals surface area contributed by atoms with Gasteiger partial charge in [-0.2, -0.15) is 4.31 Å². The first-order valence-electron chi connectivity index (χ1n) is 5.49. The number of primary amides is 1. The maximum atomic E-state index is 11.7. The van der Waals surface area contributed by atoms with Gasteiger partial charge in [0.05, 0.1) is 6.26 Å². The zero-order valence-electron chi connectivity index (χ0n) is 10.1. The lowest BCUT2D eigenvalue weighted by Gasteiger charge is -2.32. The van der Waals surface area contributed by atoms with Crippen molar-refractivity contribution >= 4 is 21.8 Å². The smallest absolute Gasteiger partial charge is 0.261 e. The average Bonchev–Trinajstić information content (AvgIpc) is 2.27. The number of hydroxylamine groups is 1. The van der Waals surface area contributed by atoms with Crippen molar-refractivity contribution in [3.05, 3.63) is 0 Å². The lowest BCUT2D eigenvalue weighted by atomic mass is 10.0. The summed E-state index contributed by atoms with van der Waals surface area (Å²) in [5, 5.41) is 0. The Morgan fingerprint density at radius 3 is 2.67 bits per heavy atom. The highest BCUT2D eigenvalue weighted by atomic mass is 32.2. The van der Waals surface area contributed by atoms with Gasteiger partial charge in [-0.1, -0.05) is 6.42 Å². The molecule has 0 spiro atoms. The largest absolute Gasteiger partial charge is 0.368 e. The number of amides is 2. The van der Waals surface area contributed by atoms with E-state index in [0.717, 1.165) is 23.4 Å². The van der Waals surface area contributed by atoms with Gasteiger partial charge in [-0.05, 0) is 12.8 Å². The summed E-state index contributed by atoms with van der Waals surface area (Å²) in [6.45, 7) is -0.135. The monoisotopic (exact) mass is 279 g/mol. The van der Waals surface area contributed by atoms with Gasteiger partial charge in [0.25, 0.3) is 5.91 Å². The number of carbonyl (C=O) groups is 2. The second kappa shape index (κ2) is 6.12. The van der Waals surface area contributed by atoms with E-state index in [0.29, 0.717) is 13.0 Å². The Labute approximate surface area is 105 Å². The zero-order chi connectivity index (χ0) is 13.8. The van der Waals surface area contributed by atoms with Crippen LogP contribution in [0.4, 0.5) is 0 Å². The minimum atomic E-state index is -3.44. The van der Waals surface area contributed by atoms with E-state index in [1.165, 1.54) is 0 Å². The summed E-state index contributed by atoms with van der Waals surface area (Å²) in [6, 6.07) is -0.790. The van der Waals surface area contributed by atoms with Gasteiger partial charge in [-0.25, -0.2) is 13.9 Å². The number of piperidine rings is 1. The van der Waals surface area contributed by atoms with E-state index in [1.54, 1.807) is 0 Å². The lowest BCUT2D eigenvalue weighted by Crippen LogP contribution is -2.51. The Bertz CT molecular complexity index is 422. The molecule has 1 rings (SSSR count). The molecule has 1 aliphatic heterocycles. The van der Waals surface area contributed by atoms with Gasteiger partial charge in [0.1, 0.15) is 6.04 Å². The van der Waals surface area contributed by atoms with Crippen molar-refractivity contribution in [2.75, 3.05) is 19.4 Å². The molecule has 0 radical (unpaired) electrons. The van der Waals surface area contributed by atoms with Crippen LogP contribution in [0.25, 0.3) is 0 Å². The van der Waals surface area contributed by atoms with Gasteiger partial charge in [0.15, 0.2) is 6.61 Å². The number of nitrogens with two attached hydrogens (primary N) is 1. The van der Waals surface area contributed by atoms with E-state index in [4.69, 9.17) is 5.73 Å². The fraction of sp³-hybridized carbons (Fsp3) is 0.778. The first kappa shape index (κ1) is 14.9. The summed E-state index contributed by atoms with van der Waals surface area (Å²) in [4.78, 5) is 26.7. The molecule has 3 N–H and O–H groups in total. The molecule has 1 fully saturated rings. The van der Waals surface area contributed by atoms with E-state index in [1.807, 2.05) is 5.48 Å². The van der Waals surface area contributed by atoms with E-state index in [2.05, 4.69) is 4.84 Å². The van der Waals surface area contributed by atoms with Gasteiger partial charge >= 0.3 is 0 Å². The van der Waals surface area contributed by atoms with Crippen molar-refractivity contribution in [1.82, 2.24) is 9.79 Å². The predicted molar refractivity (Wildman–Crippen MR) is 62.5 cm³/mol. The molecule has 0 aromatic carbocycles. The Hall–Kier alpha value is -1.19. The topological polar surface area (TPSA) is 119 Å². The van der Waals surface area contributed by atoms with Crippen LogP contribution in [0.2, 0.25) is 0 Å². The second-order valence-electron chi connectivity index (χ2n) is 4.11. The maximum Gasteiger partial charge on any atom is 0.261 e. The second-order valence-corrected chi connectivity index (χ2v) is 6.04. The number of nitrogens with zero attached hydrogens (tertiary/aromatic N) is 1. The molecule has 0 saturated carbocycles. The third-order valence-electron chi connectivity index (χ3n) is 2.57. The Balaban J connectivity index is 2.61. The summed E-state index contributed by atoms with van der Waals surface area (Å²) in [5.74, 6) is -1.31. The third kappa shape index (κ3) is 4.24. The molecule has 1 atom stereocenters. The van der Waals surface area contributed by atoms with Crippen molar-refractivity contribution in [2.45, 2.75) is 25.3 Å². The first-order valence-corrected chi connectivity index (χ1v) is 7.34. The van der Waals surface area contributed by atoms with Crippen LogP contribution in [0.1, 0.15) is 19.3 Å². The van der Waals surface area contributed by atoms with Gasteiger partial charge in [-0.15, -0.1) is 0 Å². The fourth-order valence-electron chi connectivity index (χ4n) is 1.81. The number of carbonyl (C=O) groups excluding carboxylic acids is 2. The van der Waals surface area contributed by atoms with E-state index >= 15 is 0 Å². The molecule has 9 heteroatoms. The van der Waals surface area contributed by atoms with Gasteiger partial charge < -0.3 is 5.73 Å². The standard InChI is InChI=1S/C9H17N3O5S/c1-18(15,16)12-5-3-2-4-7(12)9(14)11-17-6-8(10)13/h7H,2-6H2,1H3,(H2,10,13)(H,11,14). The Kier molecular flexibility index (Phi) is 5.05. The number of hydrogen-bond acceptors (Lipinski definition) is 5. The SMILES string of the molecule is CS(=O)(=O)N1CCCCC1C(=O)NOCC(N)=O. The molecule has 8 nitrogen and oxygen atoms in total. The van der Waals surface area contributed by atoms with Crippen LogP contribution in [0.3, 0.4) is 0 Å². The van der Waals surface area contributed by atoms with Crippen LogP contribution in [0.5, 0.6) is 0 Å². The highest BCUT2D eigenvalue weighted by molar-refractivity contribution is 7.88. The molecule has 0 aliphatic carbocycles. The summed E-state index contributed by atoms with van der Waals surface area (Å²) < 4.78 is 24.2. The fourth-order valence-corrected chi connectivity index (χ4v) is 2.93. The summed E-state index contributed by atoms with van der Waals surface area (Å²) >= 11 is 0. The summed E-state index contributed by atoms with van der Waals surface area (Å²) in [6.07, 6.45) is 2.97. The maximum absolute atomic E-state index is 11.7. The normalized spacial score (nSPS) is 21.5.